The van der Waals surface area contributed by atoms with E-state index in [0.717, 1.165) is 31.3 Å². The van der Waals surface area contributed by atoms with Gasteiger partial charge in [-0.15, -0.1) is 0 Å². The van der Waals surface area contributed by atoms with Gasteiger partial charge in [-0.1, -0.05) is 18.2 Å². The molecule has 0 radical (unpaired) electrons. The average Bonchev–Trinajstić information content (AvgIpc) is 2.23. The molecule has 0 atom stereocenters. The van der Waals surface area contributed by atoms with Crippen LogP contribution in [0.25, 0.3) is 0 Å². The van der Waals surface area contributed by atoms with Crippen molar-refractivity contribution in [3.8, 4) is 0 Å². The SMILES string of the molecule is CN1CCCOC1=Nc1ccccc1. The average molecular weight is 190 g/mol. The number of rotatable bonds is 1. The first-order chi connectivity index (χ1) is 6.86. The third-order valence-corrected chi connectivity index (χ3v) is 2.18. The Hall–Kier alpha value is -1.51. The zero-order chi connectivity index (χ0) is 9.80. The van der Waals surface area contributed by atoms with Crippen molar-refractivity contribution in [1.29, 1.82) is 0 Å². The molecule has 0 unspecified atom stereocenters. The molecule has 1 saturated heterocycles. The third-order valence-electron chi connectivity index (χ3n) is 2.18. The lowest BCUT2D eigenvalue weighted by Gasteiger charge is -2.25. The molecule has 1 heterocycles. The fourth-order valence-corrected chi connectivity index (χ4v) is 1.40. The Morgan fingerprint density at radius 2 is 2.07 bits per heavy atom. The Morgan fingerprint density at radius 1 is 1.29 bits per heavy atom. The Balaban J connectivity index is 2.17. The monoisotopic (exact) mass is 190 g/mol. The van der Waals surface area contributed by atoms with Crippen LogP contribution in [0.4, 0.5) is 5.69 Å². The Bertz CT molecular complexity index is 321. The maximum Gasteiger partial charge on any atom is 0.292 e. The van der Waals surface area contributed by atoms with Crippen LogP contribution in [-0.2, 0) is 4.74 Å². The number of ether oxygens (including phenoxy) is 1. The molecule has 3 heteroatoms. The molecule has 1 fully saturated rings. The van der Waals surface area contributed by atoms with E-state index in [2.05, 4.69) is 4.99 Å². The summed E-state index contributed by atoms with van der Waals surface area (Å²) in [5.41, 5.74) is 0.941. The maximum absolute atomic E-state index is 5.47. The number of hydrogen-bond acceptors (Lipinski definition) is 2. The molecule has 0 N–H and O–H groups in total. The second-order valence-corrected chi connectivity index (χ2v) is 3.35. The van der Waals surface area contributed by atoms with Crippen molar-refractivity contribution >= 4 is 11.7 Å². The number of para-hydroxylation sites is 1. The summed E-state index contributed by atoms with van der Waals surface area (Å²) in [6.07, 6.45) is 1.07. The first-order valence-electron chi connectivity index (χ1n) is 4.84. The summed E-state index contributed by atoms with van der Waals surface area (Å²) in [7, 11) is 2.00. The summed E-state index contributed by atoms with van der Waals surface area (Å²) in [6.45, 7) is 1.79. The van der Waals surface area contributed by atoms with E-state index in [1.165, 1.54) is 0 Å². The summed E-state index contributed by atoms with van der Waals surface area (Å²) < 4.78 is 5.47. The van der Waals surface area contributed by atoms with E-state index in [4.69, 9.17) is 4.74 Å². The summed E-state index contributed by atoms with van der Waals surface area (Å²) in [5, 5.41) is 0. The number of hydrogen-bond donors (Lipinski definition) is 0. The second kappa shape index (κ2) is 4.13. The van der Waals surface area contributed by atoms with E-state index < -0.39 is 0 Å². The molecule has 3 nitrogen and oxygen atoms in total. The van der Waals surface area contributed by atoms with Crippen molar-refractivity contribution in [1.82, 2.24) is 4.90 Å². The molecule has 14 heavy (non-hydrogen) atoms. The molecule has 0 aliphatic carbocycles. The highest BCUT2D eigenvalue weighted by Crippen LogP contribution is 2.13. The van der Waals surface area contributed by atoms with E-state index in [1.807, 2.05) is 42.3 Å². The molecular weight excluding hydrogens is 176 g/mol. The normalized spacial score (nSPS) is 19.5. The fourth-order valence-electron chi connectivity index (χ4n) is 1.40. The minimum atomic E-state index is 0.724. The fraction of sp³-hybridized carbons (Fsp3) is 0.364. The lowest BCUT2D eigenvalue weighted by atomic mass is 10.3. The van der Waals surface area contributed by atoms with Crippen LogP contribution in [0, 0.1) is 0 Å². The van der Waals surface area contributed by atoms with E-state index >= 15 is 0 Å². The zero-order valence-electron chi connectivity index (χ0n) is 8.31. The molecule has 0 amide bonds. The van der Waals surface area contributed by atoms with Gasteiger partial charge in [-0.25, -0.2) is 0 Å². The Kier molecular flexibility index (Phi) is 2.68. The molecule has 0 aromatic heterocycles. The molecule has 1 aliphatic heterocycles. The van der Waals surface area contributed by atoms with Crippen molar-refractivity contribution in [2.45, 2.75) is 6.42 Å². The van der Waals surface area contributed by atoms with Gasteiger partial charge in [0, 0.05) is 13.6 Å². The largest absolute Gasteiger partial charge is 0.465 e. The minimum Gasteiger partial charge on any atom is -0.465 e. The number of amidine groups is 1. The number of nitrogens with zero attached hydrogens (tertiary/aromatic N) is 2. The van der Waals surface area contributed by atoms with Gasteiger partial charge in [0.15, 0.2) is 0 Å². The molecule has 1 aromatic rings. The van der Waals surface area contributed by atoms with Crippen molar-refractivity contribution < 1.29 is 4.74 Å². The van der Waals surface area contributed by atoms with Crippen LogP contribution in [0.1, 0.15) is 6.42 Å². The summed E-state index contributed by atoms with van der Waals surface area (Å²) in [6, 6.07) is 10.6. The topological polar surface area (TPSA) is 24.8 Å². The van der Waals surface area contributed by atoms with Gasteiger partial charge < -0.3 is 9.64 Å². The van der Waals surface area contributed by atoms with E-state index in [9.17, 15) is 0 Å². The quantitative estimate of drug-likeness (QED) is 0.676. The minimum absolute atomic E-state index is 0.724. The Labute approximate surface area is 84.0 Å². The van der Waals surface area contributed by atoms with E-state index in [-0.39, 0.29) is 0 Å². The molecule has 0 spiro atoms. The van der Waals surface area contributed by atoms with Gasteiger partial charge in [0.2, 0.25) is 0 Å². The summed E-state index contributed by atoms with van der Waals surface area (Å²) in [4.78, 5) is 6.46. The van der Waals surface area contributed by atoms with Gasteiger partial charge in [0.1, 0.15) is 0 Å². The van der Waals surface area contributed by atoms with E-state index in [0.29, 0.717) is 0 Å². The van der Waals surface area contributed by atoms with Crippen LogP contribution in [0.15, 0.2) is 35.3 Å². The van der Waals surface area contributed by atoms with Crippen molar-refractivity contribution in [3.63, 3.8) is 0 Å². The van der Waals surface area contributed by atoms with Crippen LogP contribution < -0.4 is 0 Å². The summed E-state index contributed by atoms with van der Waals surface area (Å²) in [5.74, 6) is 0. The predicted molar refractivity (Wildman–Crippen MR) is 56.7 cm³/mol. The van der Waals surface area contributed by atoms with Crippen LogP contribution in [0.5, 0.6) is 0 Å². The van der Waals surface area contributed by atoms with Gasteiger partial charge in [-0.3, -0.25) is 0 Å². The van der Waals surface area contributed by atoms with Crippen LogP contribution in [0.2, 0.25) is 0 Å². The third kappa shape index (κ3) is 2.05. The van der Waals surface area contributed by atoms with Gasteiger partial charge >= 0.3 is 0 Å². The second-order valence-electron chi connectivity index (χ2n) is 3.35. The number of benzene rings is 1. The molecule has 74 valence electrons. The van der Waals surface area contributed by atoms with Gasteiger partial charge in [0.25, 0.3) is 6.02 Å². The zero-order valence-corrected chi connectivity index (χ0v) is 8.31. The van der Waals surface area contributed by atoms with E-state index in [1.54, 1.807) is 0 Å². The molecule has 1 aromatic carbocycles. The molecule has 1 aliphatic rings. The molecular formula is C11H14N2O. The highest BCUT2D eigenvalue weighted by atomic mass is 16.5. The highest BCUT2D eigenvalue weighted by Gasteiger charge is 2.12. The standard InChI is InChI=1S/C11H14N2O/c1-13-8-5-9-14-11(13)12-10-6-3-2-4-7-10/h2-4,6-7H,5,8-9H2,1H3. The van der Waals surface area contributed by atoms with Gasteiger partial charge in [0.05, 0.1) is 12.3 Å². The molecule has 2 rings (SSSR count). The first-order valence-corrected chi connectivity index (χ1v) is 4.84. The number of aliphatic imine (C=N–C) groups is 1. The first kappa shape index (κ1) is 9.06. The van der Waals surface area contributed by atoms with Crippen LogP contribution in [0.3, 0.4) is 0 Å². The van der Waals surface area contributed by atoms with Crippen molar-refractivity contribution in [2.75, 3.05) is 20.2 Å². The van der Waals surface area contributed by atoms with Gasteiger partial charge in [-0.2, -0.15) is 4.99 Å². The Morgan fingerprint density at radius 3 is 2.79 bits per heavy atom. The van der Waals surface area contributed by atoms with Crippen LogP contribution in [-0.4, -0.2) is 31.1 Å². The van der Waals surface area contributed by atoms with Crippen molar-refractivity contribution in [2.24, 2.45) is 4.99 Å². The van der Waals surface area contributed by atoms with Crippen LogP contribution >= 0.6 is 0 Å². The molecule has 0 bridgehead atoms. The van der Waals surface area contributed by atoms with Crippen molar-refractivity contribution in [3.05, 3.63) is 30.3 Å². The predicted octanol–water partition coefficient (Wildman–Crippen LogP) is 2.03. The lowest BCUT2D eigenvalue weighted by Crippen LogP contribution is -2.35. The highest BCUT2D eigenvalue weighted by molar-refractivity contribution is 5.77. The molecule has 0 saturated carbocycles. The van der Waals surface area contributed by atoms with Gasteiger partial charge in [-0.05, 0) is 18.6 Å². The summed E-state index contributed by atoms with van der Waals surface area (Å²) >= 11 is 0. The smallest absolute Gasteiger partial charge is 0.292 e. The maximum atomic E-state index is 5.47. The lowest BCUT2D eigenvalue weighted by molar-refractivity contribution is 0.192.